The molecule has 1 atom stereocenters. The van der Waals surface area contributed by atoms with Crippen LogP contribution in [0.4, 0.5) is 14.5 Å². The summed E-state index contributed by atoms with van der Waals surface area (Å²) in [6, 6.07) is 14.8. The average molecular weight is 663 g/mol. The molecule has 2 aliphatic heterocycles. The monoisotopic (exact) mass is 662 g/mol. The largest absolute Gasteiger partial charge is 0.487 e. The van der Waals surface area contributed by atoms with E-state index in [2.05, 4.69) is 19.9 Å². The lowest BCUT2D eigenvalue weighted by atomic mass is 10.00. The van der Waals surface area contributed by atoms with Crippen molar-refractivity contribution in [1.29, 1.82) is 0 Å². The van der Waals surface area contributed by atoms with Crippen molar-refractivity contribution in [2.24, 2.45) is 0 Å². The number of Topliss-reactive ketones (excluding diaryl/α,β-unsaturated/α-hetero) is 1. The maximum absolute atomic E-state index is 15.7. The van der Waals surface area contributed by atoms with Crippen molar-refractivity contribution in [3.63, 3.8) is 0 Å². The molecule has 6 aromatic rings. The van der Waals surface area contributed by atoms with Gasteiger partial charge in [-0.2, -0.15) is 0 Å². The number of nitrogens with one attached hydrogen (secondary N) is 1. The lowest BCUT2D eigenvalue weighted by Crippen LogP contribution is -2.45. The molecule has 0 bridgehead atoms. The number of ether oxygens (including phenoxy) is 2. The number of carbonyl (C=O) groups excluding carboxylic acids is 1. The number of likely N-dealkylation sites (N-methyl/N-ethyl adjacent to an activating group) is 1. The fraction of sp³-hybridized carbons (Fsp3) is 0.243. The van der Waals surface area contributed by atoms with E-state index in [0.29, 0.717) is 46.6 Å². The van der Waals surface area contributed by atoms with Gasteiger partial charge < -0.3 is 28.8 Å². The van der Waals surface area contributed by atoms with Crippen molar-refractivity contribution >= 4 is 33.4 Å². The van der Waals surface area contributed by atoms with E-state index >= 15 is 8.78 Å². The number of benzene rings is 3. The molecule has 0 spiro atoms. The zero-order valence-corrected chi connectivity index (χ0v) is 26.9. The van der Waals surface area contributed by atoms with E-state index in [4.69, 9.17) is 9.47 Å². The highest BCUT2D eigenvalue weighted by Crippen LogP contribution is 2.42. The summed E-state index contributed by atoms with van der Waals surface area (Å²) in [5.74, 6) is -1.36. The number of aromatic amines is 1. The van der Waals surface area contributed by atoms with Crippen LogP contribution in [0.25, 0.3) is 33.1 Å². The predicted molar refractivity (Wildman–Crippen MR) is 182 cm³/mol. The van der Waals surface area contributed by atoms with Gasteiger partial charge in [0.05, 0.1) is 27.9 Å². The van der Waals surface area contributed by atoms with Gasteiger partial charge in [0.1, 0.15) is 24.3 Å². The number of aromatic nitrogens is 4. The second kappa shape index (κ2) is 12.1. The number of ketones is 1. The minimum absolute atomic E-state index is 0.0773. The fourth-order valence-corrected chi connectivity index (χ4v) is 6.71. The van der Waals surface area contributed by atoms with Crippen molar-refractivity contribution < 1.29 is 23.0 Å². The van der Waals surface area contributed by atoms with Gasteiger partial charge in [-0.1, -0.05) is 36.4 Å². The van der Waals surface area contributed by atoms with Crippen molar-refractivity contribution in [3.8, 4) is 28.5 Å². The molecule has 1 saturated heterocycles. The first-order valence-electron chi connectivity index (χ1n) is 16.1. The minimum atomic E-state index is -0.701. The maximum atomic E-state index is 15.7. The van der Waals surface area contributed by atoms with E-state index in [-0.39, 0.29) is 41.6 Å². The van der Waals surface area contributed by atoms with E-state index in [9.17, 15) is 9.59 Å². The zero-order chi connectivity index (χ0) is 33.8. The molecule has 2 aliphatic rings. The summed E-state index contributed by atoms with van der Waals surface area (Å²) >= 11 is 0. The number of nitrogens with zero attached hydrogens (tertiary/aromatic N) is 5. The number of pyridine rings is 1. The molecule has 10 nitrogen and oxygen atoms in total. The third kappa shape index (κ3) is 5.38. The quantitative estimate of drug-likeness (QED) is 0.203. The molecule has 3 aromatic carbocycles. The molecule has 0 amide bonds. The topological polar surface area (TPSA) is 106 Å². The van der Waals surface area contributed by atoms with E-state index in [1.54, 1.807) is 12.3 Å². The summed E-state index contributed by atoms with van der Waals surface area (Å²) in [4.78, 5) is 43.2. The molecule has 49 heavy (non-hydrogen) atoms. The third-order valence-electron chi connectivity index (χ3n) is 9.35. The first-order valence-corrected chi connectivity index (χ1v) is 16.1. The van der Waals surface area contributed by atoms with Gasteiger partial charge in [0.15, 0.2) is 34.3 Å². The Labute approximate surface area is 279 Å². The first-order chi connectivity index (χ1) is 23.8. The molecule has 8 rings (SSSR count). The van der Waals surface area contributed by atoms with Gasteiger partial charge in [0.2, 0.25) is 5.88 Å². The number of fused-ring (bicyclic) bond motifs is 1. The van der Waals surface area contributed by atoms with Crippen LogP contribution in [0.15, 0.2) is 78.1 Å². The Hall–Kier alpha value is -5.62. The van der Waals surface area contributed by atoms with Crippen molar-refractivity contribution in [2.45, 2.75) is 19.4 Å². The molecule has 1 N–H and O–H groups in total. The lowest BCUT2D eigenvalue weighted by molar-refractivity contribution is 0.0991. The molecule has 0 saturated carbocycles. The number of halogens is 2. The Morgan fingerprint density at radius 3 is 2.61 bits per heavy atom. The van der Waals surface area contributed by atoms with E-state index in [1.807, 2.05) is 53.8 Å². The summed E-state index contributed by atoms with van der Waals surface area (Å²) in [6.45, 7) is 4.95. The number of carbonyl (C=O) groups is 1. The van der Waals surface area contributed by atoms with Crippen LogP contribution in [-0.2, 0) is 6.42 Å². The molecule has 1 fully saturated rings. The average Bonchev–Trinajstić information content (AvgIpc) is 3.54. The number of hydrogen-bond acceptors (Lipinski definition) is 8. The normalized spacial score (nSPS) is 16.2. The molecule has 248 valence electrons. The zero-order valence-electron chi connectivity index (χ0n) is 26.9. The van der Waals surface area contributed by atoms with Crippen molar-refractivity contribution in [3.05, 3.63) is 106 Å². The number of hydrogen-bond donors (Lipinski definition) is 1. The van der Waals surface area contributed by atoms with Crippen molar-refractivity contribution in [1.82, 2.24) is 24.4 Å². The Morgan fingerprint density at radius 1 is 1.04 bits per heavy atom. The van der Waals surface area contributed by atoms with E-state index < -0.39 is 22.8 Å². The Kier molecular flexibility index (Phi) is 7.59. The molecule has 3 aromatic heterocycles. The smallest absolute Gasteiger partial charge is 0.232 e. The molecule has 0 radical (unpaired) electrons. The molecule has 5 heterocycles. The van der Waals surface area contributed by atoms with Gasteiger partial charge in [-0.25, -0.2) is 18.7 Å². The van der Waals surface area contributed by atoms with Crippen LogP contribution in [0.5, 0.6) is 17.4 Å². The summed E-state index contributed by atoms with van der Waals surface area (Å²) in [6.07, 6.45) is 4.42. The van der Waals surface area contributed by atoms with Gasteiger partial charge >= 0.3 is 0 Å². The van der Waals surface area contributed by atoms with Gasteiger partial charge in [-0.05, 0) is 43.3 Å². The van der Waals surface area contributed by atoms with Crippen LogP contribution in [-0.4, -0.2) is 70.0 Å². The standard InChI is InChI=1S/C37H32F2N6O4/c1-21-19-48-35-32-24(16-28(39)33(35)44-12-10-43(2)11-13-44)34(47)26(18-45(21)32)29(46)15-22-8-9-30(27(38)14-22)49-37-31-25(23-6-4-3-5-7-23)17-40-36(31)41-20-42-37/h3-9,14,16-18,20-21H,10-13,15,19H2,1-2H3,(H,40,41,42). The predicted octanol–water partition coefficient (Wildman–Crippen LogP) is 6.14. The van der Waals surface area contributed by atoms with Crippen LogP contribution >= 0.6 is 0 Å². The Morgan fingerprint density at radius 2 is 1.84 bits per heavy atom. The molecular weight excluding hydrogens is 630 g/mol. The number of H-pyrrole nitrogens is 1. The Balaban J connectivity index is 1.09. The van der Waals surface area contributed by atoms with Crippen LogP contribution in [0, 0.1) is 11.6 Å². The van der Waals surface area contributed by atoms with E-state index in [0.717, 1.165) is 24.2 Å². The van der Waals surface area contributed by atoms with Crippen molar-refractivity contribution in [2.75, 3.05) is 44.7 Å². The molecular formula is C37H32F2N6O4. The fourth-order valence-electron chi connectivity index (χ4n) is 6.71. The van der Waals surface area contributed by atoms with E-state index in [1.165, 1.54) is 30.7 Å². The van der Waals surface area contributed by atoms with Crippen LogP contribution in [0.2, 0.25) is 0 Å². The second-order valence-electron chi connectivity index (χ2n) is 12.6. The molecule has 0 aliphatic carbocycles. The summed E-state index contributed by atoms with van der Waals surface area (Å²) in [7, 11) is 2.02. The summed E-state index contributed by atoms with van der Waals surface area (Å²) in [5.41, 5.74) is 2.73. The number of rotatable bonds is 7. The molecule has 12 heteroatoms. The van der Waals surface area contributed by atoms with Gasteiger partial charge in [-0.15, -0.1) is 0 Å². The highest BCUT2D eigenvalue weighted by Gasteiger charge is 2.31. The highest BCUT2D eigenvalue weighted by atomic mass is 19.1. The first kappa shape index (κ1) is 30.7. The van der Waals surface area contributed by atoms with Gasteiger partial charge in [-0.3, -0.25) is 9.59 Å². The third-order valence-corrected chi connectivity index (χ3v) is 9.35. The van der Waals surface area contributed by atoms with Gasteiger partial charge in [0, 0.05) is 50.6 Å². The maximum Gasteiger partial charge on any atom is 0.232 e. The molecule has 1 unspecified atom stereocenters. The highest BCUT2D eigenvalue weighted by molar-refractivity contribution is 6.02. The second-order valence-corrected chi connectivity index (χ2v) is 12.6. The lowest BCUT2D eigenvalue weighted by Gasteiger charge is -2.37. The minimum Gasteiger partial charge on any atom is -0.487 e. The van der Waals surface area contributed by atoms with Crippen LogP contribution in [0.1, 0.15) is 28.9 Å². The SMILES string of the molecule is CC1COc2c(N3CCN(C)CC3)c(F)cc3c(=O)c(C(=O)Cc4ccc(Oc5ncnc6[nH]cc(-c7ccccc7)c56)c(F)c4)cn1c23. The van der Waals surface area contributed by atoms with Crippen LogP contribution < -0.4 is 19.8 Å². The summed E-state index contributed by atoms with van der Waals surface area (Å²) < 4.78 is 45.1. The van der Waals surface area contributed by atoms with Crippen LogP contribution in [0.3, 0.4) is 0 Å². The van der Waals surface area contributed by atoms with Gasteiger partial charge in [0.25, 0.3) is 0 Å². The number of anilines is 1. The Bertz CT molecular complexity index is 2310. The number of piperazine rings is 1. The summed E-state index contributed by atoms with van der Waals surface area (Å²) in [5, 5.41) is 0.677.